The molecule has 2 N–H and O–H groups in total. The molecule has 9 heteroatoms. The average molecular weight is 482 g/mol. The number of rotatable bonds is 14. The van der Waals surface area contributed by atoms with E-state index < -0.39 is 15.6 Å². The van der Waals surface area contributed by atoms with Crippen LogP contribution >= 0.6 is 0 Å². The van der Waals surface area contributed by atoms with Crippen LogP contribution in [0.25, 0.3) is 0 Å². The predicted molar refractivity (Wildman–Crippen MR) is 132 cm³/mol. The SMILES string of the molecule is C#CCNc1ccc(S(=O)(=O)N(C)CCCCCCCCNC(=O)OC(C)(C)C)cc1OC. The second-order valence-electron chi connectivity index (χ2n) is 8.80. The Morgan fingerprint density at radius 2 is 1.76 bits per heavy atom. The molecule has 0 aliphatic heterocycles. The monoisotopic (exact) mass is 481 g/mol. The molecule has 0 atom stereocenters. The Kier molecular flexibility index (Phi) is 12.1. The van der Waals surface area contributed by atoms with Crippen molar-refractivity contribution in [1.29, 1.82) is 0 Å². The first-order chi connectivity index (χ1) is 15.5. The van der Waals surface area contributed by atoms with Crippen molar-refractivity contribution in [3.05, 3.63) is 18.2 Å². The van der Waals surface area contributed by atoms with Crippen LogP contribution in [0.5, 0.6) is 5.75 Å². The van der Waals surface area contributed by atoms with Gasteiger partial charge in [-0.1, -0.05) is 31.6 Å². The normalized spacial score (nSPS) is 11.7. The number of carbonyl (C=O) groups is 1. The molecule has 0 aliphatic carbocycles. The molecule has 0 aromatic heterocycles. The number of terminal acetylenes is 1. The van der Waals surface area contributed by atoms with Crippen molar-refractivity contribution in [1.82, 2.24) is 9.62 Å². The molecule has 0 bridgehead atoms. The number of amides is 1. The number of carbonyl (C=O) groups excluding carboxylic acids is 1. The molecule has 0 saturated carbocycles. The van der Waals surface area contributed by atoms with E-state index in [-0.39, 0.29) is 11.0 Å². The smallest absolute Gasteiger partial charge is 0.407 e. The van der Waals surface area contributed by atoms with Crippen LogP contribution in [0.2, 0.25) is 0 Å². The third-order valence-electron chi connectivity index (χ3n) is 4.83. The summed E-state index contributed by atoms with van der Waals surface area (Å²) in [6.07, 6.45) is 10.5. The second-order valence-corrected chi connectivity index (χ2v) is 10.8. The lowest BCUT2D eigenvalue weighted by atomic mass is 10.1. The average Bonchev–Trinajstić information content (AvgIpc) is 2.74. The fourth-order valence-electron chi connectivity index (χ4n) is 3.10. The van der Waals surface area contributed by atoms with Gasteiger partial charge in [0.25, 0.3) is 0 Å². The lowest BCUT2D eigenvalue weighted by Gasteiger charge is -2.19. The van der Waals surface area contributed by atoms with E-state index in [0.717, 1.165) is 38.5 Å². The van der Waals surface area contributed by atoms with Gasteiger partial charge in [-0.05, 0) is 45.7 Å². The number of sulfonamides is 1. The molecular weight excluding hydrogens is 442 g/mol. The summed E-state index contributed by atoms with van der Waals surface area (Å²) in [5, 5.41) is 5.76. The number of benzene rings is 1. The quantitative estimate of drug-likeness (QED) is 0.305. The Morgan fingerprint density at radius 1 is 1.12 bits per heavy atom. The number of nitrogens with zero attached hydrogens (tertiary/aromatic N) is 1. The van der Waals surface area contributed by atoms with Gasteiger partial charge in [0.05, 0.1) is 24.2 Å². The number of hydrogen-bond acceptors (Lipinski definition) is 6. The van der Waals surface area contributed by atoms with E-state index in [9.17, 15) is 13.2 Å². The van der Waals surface area contributed by atoms with E-state index in [1.54, 1.807) is 19.2 Å². The summed E-state index contributed by atoms with van der Waals surface area (Å²) >= 11 is 0. The fraction of sp³-hybridized carbons (Fsp3) is 0.625. The number of methoxy groups -OCH3 is 1. The van der Waals surface area contributed by atoms with Crippen LogP contribution in [0, 0.1) is 12.3 Å². The molecule has 33 heavy (non-hydrogen) atoms. The number of alkyl carbamates (subject to hydrolysis) is 1. The van der Waals surface area contributed by atoms with E-state index in [0.29, 0.717) is 31.1 Å². The van der Waals surface area contributed by atoms with Crippen LogP contribution in [-0.4, -0.2) is 58.2 Å². The number of ether oxygens (including phenoxy) is 2. The zero-order valence-corrected chi connectivity index (χ0v) is 21.4. The van der Waals surface area contributed by atoms with Crippen LogP contribution in [0.3, 0.4) is 0 Å². The standard InChI is InChI=1S/C24H39N3O5S/c1-7-16-25-21-15-14-20(19-22(21)31-6)33(29,30)27(5)18-13-11-9-8-10-12-17-26-23(28)32-24(2,3)4/h1,14-15,19,25H,8-13,16-18H2,2-6H3,(H,26,28). The summed E-state index contributed by atoms with van der Waals surface area (Å²) < 4.78 is 37.6. The van der Waals surface area contributed by atoms with Crippen molar-refractivity contribution in [3.8, 4) is 18.1 Å². The lowest BCUT2D eigenvalue weighted by Crippen LogP contribution is -2.32. The van der Waals surface area contributed by atoms with Crippen LogP contribution in [0.15, 0.2) is 23.1 Å². The summed E-state index contributed by atoms with van der Waals surface area (Å²) in [5.41, 5.74) is 0.165. The van der Waals surface area contributed by atoms with Crippen LogP contribution in [0.1, 0.15) is 59.3 Å². The van der Waals surface area contributed by atoms with E-state index in [4.69, 9.17) is 15.9 Å². The molecule has 1 amide bonds. The fourth-order valence-corrected chi connectivity index (χ4v) is 4.32. The summed E-state index contributed by atoms with van der Waals surface area (Å²) in [6, 6.07) is 4.73. The molecule has 0 heterocycles. The highest BCUT2D eigenvalue weighted by Gasteiger charge is 2.22. The lowest BCUT2D eigenvalue weighted by molar-refractivity contribution is 0.0527. The molecule has 0 unspecified atom stereocenters. The van der Waals surface area contributed by atoms with E-state index in [2.05, 4.69) is 16.6 Å². The molecule has 8 nitrogen and oxygen atoms in total. The van der Waals surface area contributed by atoms with Crippen LogP contribution in [0.4, 0.5) is 10.5 Å². The minimum Gasteiger partial charge on any atom is -0.495 e. The van der Waals surface area contributed by atoms with E-state index >= 15 is 0 Å². The van der Waals surface area contributed by atoms with Gasteiger partial charge in [0.2, 0.25) is 10.0 Å². The van der Waals surface area contributed by atoms with Crippen molar-refractivity contribution in [2.75, 3.05) is 39.1 Å². The summed E-state index contributed by atoms with van der Waals surface area (Å²) in [7, 11) is -0.520. The van der Waals surface area contributed by atoms with Crippen LogP contribution < -0.4 is 15.4 Å². The van der Waals surface area contributed by atoms with Gasteiger partial charge in [0.1, 0.15) is 11.4 Å². The number of anilines is 1. The molecule has 1 rings (SSSR count). The second kappa shape index (κ2) is 14.0. The topological polar surface area (TPSA) is 97.0 Å². The Bertz CT molecular complexity index is 888. The Hall–Kier alpha value is -2.44. The van der Waals surface area contributed by atoms with Gasteiger partial charge >= 0.3 is 6.09 Å². The minimum atomic E-state index is -3.60. The zero-order chi connectivity index (χ0) is 24.9. The molecule has 0 fully saturated rings. The highest BCUT2D eigenvalue weighted by atomic mass is 32.2. The summed E-state index contributed by atoms with van der Waals surface area (Å²) in [4.78, 5) is 11.8. The highest BCUT2D eigenvalue weighted by Crippen LogP contribution is 2.28. The maximum Gasteiger partial charge on any atom is 0.407 e. The van der Waals surface area contributed by atoms with Crippen molar-refractivity contribution in [2.45, 2.75) is 69.8 Å². The molecule has 0 radical (unpaired) electrons. The molecule has 186 valence electrons. The van der Waals surface area contributed by atoms with Gasteiger partial charge in [0.15, 0.2) is 0 Å². The predicted octanol–water partition coefficient (Wildman–Crippen LogP) is 4.23. The first-order valence-corrected chi connectivity index (χ1v) is 12.7. The zero-order valence-electron chi connectivity index (χ0n) is 20.6. The Balaban J connectivity index is 2.33. The van der Waals surface area contributed by atoms with Gasteiger partial charge in [-0.25, -0.2) is 17.5 Å². The highest BCUT2D eigenvalue weighted by molar-refractivity contribution is 7.89. The van der Waals surface area contributed by atoms with E-state index in [1.807, 2.05) is 20.8 Å². The van der Waals surface area contributed by atoms with Gasteiger partial charge in [-0.3, -0.25) is 0 Å². The molecule has 0 aliphatic rings. The number of hydrogen-bond donors (Lipinski definition) is 2. The largest absolute Gasteiger partial charge is 0.495 e. The molecule has 0 saturated heterocycles. The first-order valence-electron chi connectivity index (χ1n) is 11.3. The van der Waals surface area contributed by atoms with Gasteiger partial charge < -0.3 is 20.1 Å². The van der Waals surface area contributed by atoms with Gasteiger partial charge in [-0.2, -0.15) is 0 Å². The Labute approximate surface area is 199 Å². The number of unbranched alkanes of at least 4 members (excludes halogenated alkanes) is 5. The molecule has 1 aromatic rings. The third-order valence-corrected chi connectivity index (χ3v) is 6.68. The summed E-state index contributed by atoms with van der Waals surface area (Å²) in [5.74, 6) is 2.91. The molecular formula is C24H39N3O5S. The van der Waals surface area contributed by atoms with Gasteiger partial charge in [-0.15, -0.1) is 6.42 Å². The summed E-state index contributed by atoms with van der Waals surface area (Å²) in [6.45, 7) is 6.87. The number of nitrogens with one attached hydrogen (secondary N) is 2. The maximum absolute atomic E-state index is 12.9. The van der Waals surface area contributed by atoms with Gasteiger partial charge in [0, 0.05) is 26.2 Å². The minimum absolute atomic E-state index is 0.186. The molecule has 1 aromatic carbocycles. The van der Waals surface area contributed by atoms with Crippen molar-refractivity contribution < 1.29 is 22.7 Å². The third kappa shape index (κ3) is 10.8. The maximum atomic E-state index is 12.9. The first kappa shape index (κ1) is 28.6. The van der Waals surface area contributed by atoms with Crippen molar-refractivity contribution in [2.24, 2.45) is 0 Å². The van der Waals surface area contributed by atoms with Crippen molar-refractivity contribution >= 4 is 21.8 Å². The van der Waals surface area contributed by atoms with Crippen LogP contribution in [-0.2, 0) is 14.8 Å². The van der Waals surface area contributed by atoms with E-state index in [1.165, 1.54) is 17.5 Å². The molecule has 0 spiro atoms. The Morgan fingerprint density at radius 3 is 2.36 bits per heavy atom. The van der Waals surface area contributed by atoms with Crippen molar-refractivity contribution in [3.63, 3.8) is 0 Å².